The molecule has 0 aliphatic carbocycles. The predicted molar refractivity (Wildman–Crippen MR) is 97.0 cm³/mol. The number of hydrogen-bond donors (Lipinski definition) is 1. The predicted octanol–water partition coefficient (Wildman–Crippen LogP) is 4.70. The Morgan fingerprint density at radius 2 is 1.86 bits per heavy atom. The molecule has 2 nitrogen and oxygen atoms in total. The van der Waals surface area contributed by atoms with Gasteiger partial charge < -0.3 is 10.1 Å². The SMILES string of the molecule is CCCNC(c1ccc(OC)cc1)c1cccc(C)c1I. The first kappa shape index (κ1) is 16.3. The molecule has 0 bridgehead atoms. The summed E-state index contributed by atoms with van der Waals surface area (Å²) in [6, 6.07) is 15.1. The lowest BCUT2D eigenvalue weighted by Crippen LogP contribution is -2.24. The van der Waals surface area contributed by atoms with E-state index in [9.17, 15) is 0 Å². The molecule has 1 unspecified atom stereocenters. The molecule has 0 aromatic heterocycles. The Kier molecular flexibility index (Phi) is 6.06. The second kappa shape index (κ2) is 7.80. The minimum atomic E-state index is 0.225. The van der Waals surface area contributed by atoms with Crippen LogP contribution in [0, 0.1) is 10.5 Å². The molecule has 2 aromatic carbocycles. The maximum Gasteiger partial charge on any atom is 0.118 e. The van der Waals surface area contributed by atoms with Gasteiger partial charge in [-0.05, 0) is 71.3 Å². The fraction of sp³-hybridized carbons (Fsp3) is 0.333. The van der Waals surface area contributed by atoms with Gasteiger partial charge in [0, 0.05) is 3.57 Å². The van der Waals surface area contributed by atoms with Crippen LogP contribution in [0.1, 0.15) is 36.1 Å². The van der Waals surface area contributed by atoms with Crippen LogP contribution in [-0.4, -0.2) is 13.7 Å². The summed E-state index contributed by atoms with van der Waals surface area (Å²) < 4.78 is 6.59. The van der Waals surface area contributed by atoms with Crippen LogP contribution < -0.4 is 10.1 Å². The van der Waals surface area contributed by atoms with Gasteiger partial charge in [0.15, 0.2) is 0 Å². The lowest BCUT2D eigenvalue weighted by atomic mass is 9.97. The zero-order valence-corrected chi connectivity index (χ0v) is 15.0. The number of ether oxygens (including phenoxy) is 1. The van der Waals surface area contributed by atoms with Gasteiger partial charge in [0.1, 0.15) is 5.75 Å². The summed E-state index contributed by atoms with van der Waals surface area (Å²) in [6.07, 6.45) is 1.12. The van der Waals surface area contributed by atoms with E-state index in [1.54, 1.807) is 7.11 Å². The molecular formula is C18H22INO. The molecule has 0 amide bonds. The van der Waals surface area contributed by atoms with Crippen molar-refractivity contribution < 1.29 is 4.74 Å². The molecule has 1 atom stereocenters. The van der Waals surface area contributed by atoms with E-state index in [4.69, 9.17) is 4.74 Å². The van der Waals surface area contributed by atoms with E-state index in [-0.39, 0.29) is 6.04 Å². The van der Waals surface area contributed by atoms with E-state index in [0.29, 0.717) is 0 Å². The van der Waals surface area contributed by atoms with E-state index in [1.807, 2.05) is 12.1 Å². The molecule has 0 fully saturated rings. The van der Waals surface area contributed by atoms with E-state index in [0.717, 1.165) is 18.7 Å². The van der Waals surface area contributed by atoms with Crippen molar-refractivity contribution in [3.63, 3.8) is 0 Å². The number of rotatable bonds is 6. The van der Waals surface area contributed by atoms with Crippen LogP contribution in [0.3, 0.4) is 0 Å². The molecule has 1 N–H and O–H groups in total. The van der Waals surface area contributed by atoms with Gasteiger partial charge in [-0.3, -0.25) is 0 Å². The van der Waals surface area contributed by atoms with Gasteiger partial charge in [0.2, 0.25) is 0 Å². The van der Waals surface area contributed by atoms with Gasteiger partial charge in [-0.2, -0.15) is 0 Å². The van der Waals surface area contributed by atoms with Gasteiger partial charge in [-0.25, -0.2) is 0 Å². The Hall–Kier alpha value is -1.07. The zero-order chi connectivity index (χ0) is 15.2. The fourth-order valence-electron chi connectivity index (χ4n) is 2.39. The molecule has 3 heteroatoms. The first-order valence-electron chi connectivity index (χ1n) is 7.29. The van der Waals surface area contributed by atoms with Gasteiger partial charge in [-0.15, -0.1) is 0 Å². The maximum atomic E-state index is 5.26. The van der Waals surface area contributed by atoms with Gasteiger partial charge in [0.05, 0.1) is 13.2 Å². The summed E-state index contributed by atoms with van der Waals surface area (Å²) >= 11 is 2.45. The highest BCUT2D eigenvalue weighted by Gasteiger charge is 2.16. The van der Waals surface area contributed by atoms with Gasteiger partial charge >= 0.3 is 0 Å². The molecule has 2 rings (SSSR count). The molecule has 2 aromatic rings. The average molecular weight is 395 g/mol. The zero-order valence-electron chi connectivity index (χ0n) is 12.8. The van der Waals surface area contributed by atoms with Crippen LogP contribution in [0.15, 0.2) is 42.5 Å². The molecule has 112 valence electrons. The summed E-state index contributed by atoms with van der Waals surface area (Å²) in [5, 5.41) is 3.66. The number of aryl methyl sites for hydroxylation is 1. The third-order valence-corrected chi connectivity index (χ3v) is 5.05. The average Bonchev–Trinajstić information content (AvgIpc) is 2.52. The van der Waals surface area contributed by atoms with Crippen LogP contribution in [-0.2, 0) is 0 Å². The summed E-state index contributed by atoms with van der Waals surface area (Å²) in [5.41, 5.74) is 3.94. The van der Waals surface area contributed by atoms with Crippen LogP contribution in [0.5, 0.6) is 5.75 Å². The molecule has 0 spiro atoms. The van der Waals surface area contributed by atoms with Crippen LogP contribution in [0.25, 0.3) is 0 Å². The highest BCUT2D eigenvalue weighted by atomic mass is 127. The second-order valence-electron chi connectivity index (χ2n) is 5.14. The van der Waals surface area contributed by atoms with Crippen molar-refractivity contribution in [2.24, 2.45) is 0 Å². The third-order valence-electron chi connectivity index (χ3n) is 3.58. The summed E-state index contributed by atoms with van der Waals surface area (Å²) in [7, 11) is 1.70. The fourth-order valence-corrected chi connectivity index (χ4v) is 3.06. The highest BCUT2D eigenvalue weighted by Crippen LogP contribution is 2.29. The van der Waals surface area contributed by atoms with Crippen molar-refractivity contribution in [3.8, 4) is 5.75 Å². The van der Waals surface area contributed by atoms with E-state index in [1.165, 1.54) is 20.3 Å². The number of nitrogens with one attached hydrogen (secondary N) is 1. The quantitative estimate of drug-likeness (QED) is 0.717. The maximum absolute atomic E-state index is 5.26. The molecule has 0 saturated carbocycles. The van der Waals surface area contributed by atoms with E-state index in [2.05, 4.69) is 72.1 Å². The third kappa shape index (κ3) is 3.98. The normalized spacial score (nSPS) is 12.2. The highest BCUT2D eigenvalue weighted by molar-refractivity contribution is 14.1. The Morgan fingerprint density at radius 3 is 2.48 bits per heavy atom. The monoisotopic (exact) mass is 395 g/mol. The smallest absolute Gasteiger partial charge is 0.118 e. The summed E-state index contributed by atoms with van der Waals surface area (Å²) in [5.74, 6) is 0.895. The van der Waals surface area contributed by atoms with Crippen molar-refractivity contribution in [1.82, 2.24) is 5.32 Å². The Bertz CT molecular complexity index is 580. The molecule has 0 saturated heterocycles. The summed E-state index contributed by atoms with van der Waals surface area (Å²) in [4.78, 5) is 0. The van der Waals surface area contributed by atoms with Crippen molar-refractivity contribution in [2.75, 3.05) is 13.7 Å². The minimum absolute atomic E-state index is 0.225. The van der Waals surface area contributed by atoms with Crippen molar-refractivity contribution in [3.05, 3.63) is 62.7 Å². The second-order valence-corrected chi connectivity index (χ2v) is 6.22. The van der Waals surface area contributed by atoms with Gasteiger partial charge in [0.25, 0.3) is 0 Å². The minimum Gasteiger partial charge on any atom is -0.497 e. The molecule has 21 heavy (non-hydrogen) atoms. The topological polar surface area (TPSA) is 21.3 Å². The largest absolute Gasteiger partial charge is 0.497 e. The van der Waals surface area contributed by atoms with Crippen LogP contribution in [0.2, 0.25) is 0 Å². The number of hydrogen-bond acceptors (Lipinski definition) is 2. The number of halogens is 1. The molecule has 0 aliphatic rings. The molecule has 0 heterocycles. The standard InChI is InChI=1S/C18H22INO/c1-4-12-20-18(14-8-10-15(21-3)11-9-14)16-7-5-6-13(2)17(16)19/h5-11,18,20H,4,12H2,1-3H3. The first-order valence-corrected chi connectivity index (χ1v) is 8.37. The van der Waals surface area contributed by atoms with E-state index < -0.39 is 0 Å². The summed E-state index contributed by atoms with van der Waals surface area (Å²) in [6.45, 7) is 5.36. The Balaban J connectivity index is 2.39. The molecular weight excluding hydrogens is 373 g/mol. The number of methoxy groups -OCH3 is 1. The lowest BCUT2D eigenvalue weighted by molar-refractivity contribution is 0.414. The lowest BCUT2D eigenvalue weighted by Gasteiger charge is -2.22. The number of benzene rings is 2. The van der Waals surface area contributed by atoms with E-state index >= 15 is 0 Å². The van der Waals surface area contributed by atoms with Crippen molar-refractivity contribution in [1.29, 1.82) is 0 Å². The van der Waals surface area contributed by atoms with Crippen LogP contribution in [0.4, 0.5) is 0 Å². The van der Waals surface area contributed by atoms with Crippen molar-refractivity contribution >= 4 is 22.6 Å². The van der Waals surface area contributed by atoms with Crippen LogP contribution >= 0.6 is 22.6 Å². The first-order chi connectivity index (χ1) is 10.2. The Morgan fingerprint density at radius 1 is 1.14 bits per heavy atom. The Labute approximate surface area is 141 Å². The molecule has 0 radical (unpaired) electrons. The van der Waals surface area contributed by atoms with Gasteiger partial charge in [-0.1, -0.05) is 37.3 Å². The van der Waals surface area contributed by atoms with Crippen molar-refractivity contribution in [2.45, 2.75) is 26.3 Å². The molecule has 0 aliphatic heterocycles.